The third-order valence-electron chi connectivity index (χ3n) is 3.51. The highest BCUT2D eigenvalue weighted by atomic mass is 16.5. The number of amides is 1. The SMILES string of the molecule is CCC1COC(C)CN1C(=O)CCC(C)CN. The molecule has 4 nitrogen and oxygen atoms in total. The van der Waals surface area contributed by atoms with Crippen LogP contribution in [0.3, 0.4) is 0 Å². The lowest BCUT2D eigenvalue weighted by Crippen LogP contribution is -2.51. The summed E-state index contributed by atoms with van der Waals surface area (Å²) < 4.78 is 5.59. The van der Waals surface area contributed by atoms with Crippen molar-refractivity contribution in [1.29, 1.82) is 0 Å². The highest BCUT2D eigenvalue weighted by molar-refractivity contribution is 5.76. The fourth-order valence-corrected chi connectivity index (χ4v) is 2.12. The van der Waals surface area contributed by atoms with E-state index in [-0.39, 0.29) is 18.1 Å². The lowest BCUT2D eigenvalue weighted by molar-refractivity contribution is -0.144. The lowest BCUT2D eigenvalue weighted by atomic mass is 10.0. The van der Waals surface area contributed by atoms with E-state index < -0.39 is 0 Å². The van der Waals surface area contributed by atoms with Crippen LogP contribution in [0.4, 0.5) is 0 Å². The van der Waals surface area contributed by atoms with Crippen molar-refractivity contribution in [2.45, 2.75) is 52.2 Å². The van der Waals surface area contributed by atoms with E-state index in [0.29, 0.717) is 25.5 Å². The second kappa shape index (κ2) is 6.97. The van der Waals surface area contributed by atoms with Gasteiger partial charge in [-0.05, 0) is 32.2 Å². The molecule has 1 heterocycles. The average molecular weight is 242 g/mol. The highest BCUT2D eigenvalue weighted by Crippen LogP contribution is 2.17. The molecule has 0 saturated carbocycles. The zero-order valence-electron chi connectivity index (χ0n) is 11.3. The summed E-state index contributed by atoms with van der Waals surface area (Å²) in [7, 11) is 0. The summed E-state index contributed by atoms with van der Waals surface area (Å²) in [5, 5.41) is 0. The van der Waals surface area contributed by atoms with E-state index in [4.69, 9.17) is 10.5 Å². The van der Waals surface area contributed by atoms with Crippen molar-refractivity contribution in [3.63, 3.8) is 0 Å². The Morgan fingerprint density at radius 1 is 1.59 bits per heavy atom. The fourth-order valence-electron chi connectivity index (χ4n) is 2.12. The lowest BCUT2D eigenvalue weighted by Gasteiger charge is -2.38. The minimum absolute atomic E-state index is 0.161. The predicted octanol–water partition coefficient (Wildman–Crippen LogP) is 1.39. The van der Waals surface area contributed by atoms with Crippen LogP contribution in [0.25, 0.3) is 0 Å². The first-order chi connectivity index (χ1) is 8.08. The number of carbonyl (C=O) groups is 1. The molecule has 0 bridgehead atoms. The number of carbonyl (C=O) groups excluding carboxylic acids is 1. The van der Waals surface area contributed by atoms with Gasteiger partial charge in [0.15, 0.2) is 0 Å². The van der Waals surface area contributed by atoms with Crippen LogP contribution in [-0.4, -0.2) is 42.6 Å². The molecular formula is C13H26N2O2. The van der Waals surface area contributed by atoms with Crippen LogP contribution in [0.5, 0.6) is 0 Å². The van der Waals surface area contributed by atoms with Crippen molar-refractivity contribution in [1.82, 2.24) is 4.90 Å². The molecule has 1 amide bonds. The summed E-state index contributed by atoms with van der Waals surface area (Å²) in [5.74, 6) is 0.685. The number of hydrogen-bond acceptors (Lipinski definition) is 3. The molecule has 1 saturated heterocycles. The summed E-state index contributed by atoms with van der Waals surface area (Å²) in [6, 6.07) is 0.256. The topological polar surface area (TPSA) is 55.6 Å². The molecule has 100 valence electrons. The Morgan fingerprint density at radius 3 is 2.88 bits per heavy atom. The summed E-state index contributed by atoms with van der Waals surface area (Å²) in [6.45, 7) is 8.28. The highest BCUT2D eigenvalue weighted by Gasteiger charge is 2.28. The van der Waals surface area contributed by atoms with Crippen LogP contribution in [0, 0.1) is 5.92 Å². The molecule has 3 unspecified atom stereocenters. The minimum atomic E-state index is 0.161. The molecule has 4 heteroatoms. The van der Waals surface area contributed by atoms with E-state index in [1.165, 1.54) is 0 Å². The number of nitrogens with zero attached hydrogens (tertiary/aromatic N) is 1. The predicted molar refractivity (Wildman–Crippen MR) is 68.7 cm³/mol. The van der Waals surface area contributed by atoms with Crippen LogP contribution < -0.4 is 5.73 Å². The smallest absolute Gasteiger partial charge is 0.222 e. The largest absolute Gasteiger partial charge is 0.375 e. The van der Waals surface area contributed by atoms with E-state index in [2.05, 4.69) is 13.8 Å². The Kier molecular flexibility index (Phi) is 5.92. The molecule has 0 aliphatic carbocycles. The van der Waals surface area contributed by atoms with E-state index >= 15 is 0 Å². The van der Waals surface area contributed by atoms with Crippen molar-refractivity contribution >= 4 is 5.91 Å². The van der Waals surface area contributed by atoms with Crippen molar-refractivity contribution in [2.24, 2.45) is 11.7 Å². The van der Waals surface area contributed by atoms with E-state index in [9.17, 15) is 4.79 Å². The molecular weight excluding hydrogens is 216 g/mol. The molecule has 3 atom stereocenters. The van der Waals surface area contributed by atoms with Gasteiger partial charge in [0.05, 0.1) is 18.8 Å². The summed E-state index contributed by atoms with van der Waals surface area (Å²) >= 11 is 0. The van der Waals surface area contributed by atoms with Crippen LogP contribution in [0.2, 0.25) is 0 Å². The van der Waals surface area contributed by atoms with Crippen LogP contribution in [0.1, 0.15) is 40.0 Å². The van der Waals surface area contributed by atoms with Crippen LogP contribution in [0.15, 0.2) is 0 Å². The number of hydrogen-bond donors (Lipinski definition) is 1. The maximum Gasteiger partial charge on any atom is 0.222 e. The second-order valence-corrected chi connectivity index (χ2v) is 5.13. The Hall–Kier alpha value is -0.610. The molecule has 0 aromatic heterocycles. The minimum Gasteiger partial charge on any atom is -0.375 e. The van der Waals surface area contributed by atoms with Gasteiger partial charge >= 0.3 is 0 Å². The first-order valence-electron chi connectivity index (χ1n) is 6.69. The molecule has 0 radical (unpaired) electrons. The summed E-state index contributed by atoms with van der Waals surface area (Å²) in [4.78, 5) is 14.2. The number of nitrogens with two attached hydrogens (primary N) is 1. The average Bonchev–Trinajstić information content (AvgIpc) is 2.35. The Balaban J connectivity index is 2.46. The summed E-state index contributed by atoms with van der Waals surface area (Å²) in [6.07, 6.45) is 2.62. The van der Waals surface area contributed by atoms with Crippen LogP contribution >= 0.6 is 0 Å². The van der Waals surface area contributed by atoms with Gasteiger partial charge in [0.25, 0.3) is 0 Å². The number of morpholine rings is 1. The van der Waals surface area contributed by atoms with Gasteiger partial charge in [-0.3, -0.25) is 4.79 Å². The van der Waals surface area contributed by atoms with Crippen molar-refractivity contribution < 1.29 is 9.53 Å². The standard InChI is InChI=1S/C13H26N2O2/c1-4-12-9-17-11(3)8-15(12)13(16)6-5-10(2)7-14/h10-12H,4-9,14H2,1-3H3. The summed E-state index contributed by atoms with van der Waals surface area (Å²) in [5.41, 5.74) is 5.57. The maximum atomic E-state index is 12.2. The second-order valence-electron chi connectivity index (χ2n) is 5.13. The van der Waals surface area contributed by atoms with E-state index in [0.717, 1.165) is 19.4 Å². The third kappa shape index (κ3) is 4.28. The van der Waals surface area contributed by atoms with Gasteiger partial charge in [-0.1, -0.05) is 13.8 Å². The molecule has 0 aromatic rings. The van der Waals surface area contributed by atoms with Gasteiger partial charge in [-0.25, -0.2) is 0 Å². The Labute approximate surface area is 104 Å². The van der Waals surface area contributed by atoms with E-state index in [1.54, 1.807) is 0 Å². The first-order valence-corrected chi connectivity index (χ1v) is 6.69. The van der Waals surface area contributed by atoms with Gasteiger partial charge in [0, 0.05) is 13.0 Å². The monoisotopic (exact) mass is 242 g/mol. The first kappa shape index (κ1) is 14.5. The number of rotatable bonds is 5. The van der Waals surface area contributed by atoms with Gasteiger partial charge in [0.1, 0.15) is 0 Å². The fraction of sp³-hybridized carbons (Fsp3) is 0.923. The van der Waals surface area contributed by atoms with Crippen molar-refractivity contribution in [3.8, 4) is 0 Å². The normalized spacial score (nSPS) is 26.9. The van der Waals surface area contributed by atoms with Crippen molar-refractivity contribution in [3.05, 3.63) is 0 Å². The maximum absolute atomic E-state index is 12.2. The molecule has 1 fully saturated rings. The quantitative estimate of drug-likeness (QED) is 0.792. The molecule has 17 heavy (non-hydrogen) atoms. The number of ether oxygens (including phenoxy) is 1. The molecule has 1 aliphatic heterocycles. The molecule has 2 N–H and O–H groups in total. The van der Waals surface area contributed by atoms with E-state index in [1.807, 2.05) is 11.8 Å². The Bertz CT molecular complexity index is 246. The van der Waals surface area contributed by atoms with Gasteiger partial charge < -0.3 is 15.4 Å². The molecule has 1 rings (SSSR count). The molecule has 0 aromatic carbocycles. The molecule has 0 spiro atoms. The third-order valence-corrected chi connectivity index (χ3v) is 3.51. The van der Waals surface area contributed by atoms with Gasteiger partial charge in [0.2, 0.25) is 5.91 Å². The zero-order valence-corrected chi connectivity index (χ0v) is 11.3. The zero-order chi connectivity index (χ0) is 12.8. The van der Waals surface area contributed by atoms with Gasteiger partial charge in [-0.15, -0.1) is 0 Å². The van der Waals surface area contributed by atoms with Crippen LogP contribution in [-0.2, 0) is 9.53 Å². The Morgan fingerprint density at radius 2 is 2.29 bits per heavy atom. The molecule has 1 aliphatic rings. The van der Waals surface area contributed by atoms with Gasteiger partial charge in [-0.2, -0.15) is 0 Å². The van der Waals surface area contributed by atoms with Crippen molar-refractivity contribution in [2.75, 3.05) is 19.7 Å².